The van der Waals surface area contributed by atoms with Crippen molar-refractivity contribution >= 4 is 17.3 Å². The molecule has 0 amide bonds. The van der Waals surface area contributed by atoms with Crippen molar-refractivity contribution in [2.75, 3.05) is 5.32 Å². The minimum atomic E-state index is 0.783. The lowest BCUT2D eigenvalue weighted by Crippen LogP contribution is -2.00. The Labute approximate surface area is 107 Å². The number of rotatable bonds is 4. The predicted molar refractivity (Wildman–Crippen MR) is 73.6 cm³/mol. The Hall–Kier alpha value is -1.41. The van der Waals surface area contributed by atoms with Crippen LogP contribution in [0.4, 0.5) is 5.69 Å². The van der Waals surface area contributed by atoms with E-state index in [4.69, 9.17) is 11.6 Å². The highest BCUT2D eigenvalue weighted by Crippen LogP contribution is 2.20. The van der Waals surface area contributed by atoms with Crippen LogP contribution < -0.4 is 5.32 Å². The number of benzene rings is 1. The van der Waals surface area contributed by atoms with E-state index in [0.717, 1.165) is 23.8 Å². The molecule has 3 heteroatoms. The quantitative estimate of drug-likeness (QED) is 0.863. The highest BCUT2D eigenvalue weighted by molar-refractivity contribution is 6.30. The molecular weight excluding hydrogens is 232 g/mol. The summed E-state index contributed by atoms with van der Waals surface area (Å²) in [7, 11) is 0. The number of aryl methyl sites for hydroxylation is 2. The third kappa shape index (κ3) is 3.04. The Morgan fingerprint density at radius 1 is 1.29 bits per heavy atom. The molecule has 1 aromatic heterocycles. The minimum Gasteiger partial charge on any atom is -0.381 e. The van der Waals surface area contributed by atoms with Gasteiger partial charge in [-0.1, -0.05) is 11.6 Å². The molecule has 0 saturated heterocycles. The Bertz CT molecular complexity index is 503. The summed E-state index contributed by atoms with van der Waals surface area (Å²) in [6, 6.07) is 8.05. The summed E-state index contributed by atoms with van der Waals surface area (Å²) in [6.45, 7) is 6.06. The first-order valence-corrected chi connectivity index (χ1v) is 6.21. The highest BCUT2D eigenvalue weighted by Gasteiger charge is 2.00. The summed E-state index contributed by atoms with van der Waals surface area (Å²) in [4.78, 5) is 0. The minimum absolute atomic E-state index is 0.783. The average Bonchev–Trinajstić information content (AvgIpc) is 2.76. The van der Waals surface area contributed by atoms with E-state index < -0.39 is 0 Å². The number of anilines is 1. The molecule has 0 bridgehead atoms. The van der Waals surface area contributed by atoms with Crippen molar-refractivity contribution in [3.8, 4) is 0 Å². The van der Waals surface area contributed by atoms with Crippen molar-refractivity contribution in [2.45, 2.75) is 26.9 Å². The molecule has 0 fully saturated rings. The van der Waals surface area contributed by atoms with Crippen molar-refractivity contribution in [3.05, 3.63) is 52.8 Å². The number of halogens is 1. The number of nitrogens with zero attached hydrogens (tertiary/aromatic N) is 1. The van der Waals surface area contributed by atoms with Crippen LogP contribution in [0.2, 0.25) is 5.02 Å². The van der Waals surface area contributed by atoms with Crippen LogP contribution in [-0.2, 0) is 13.1 Å². The maximum absolute atomic E-state index is 5.93. The van der Waals surface area contributed by atoms with Gasteiger partial charge >= 0.3 is 0 Å². The van der Waals surface area contributed by atoms with E-state index in [9.17, 15) is 0 Å². The number of hydrogen-bond donors (Lipinski definition) is 1. The second kappa shape index (κ2) is 5.28. The second-order valence-corrected chi connectivity index (χ2v) is 4.60. The molecule has 17 heavy (non-hydrogen) atoms. The molecule has 2 nitrogen and oxygen atoms in total. The van der Waals surface area contributed by atoms with Crippen LogP contribution in [0.5, 0.6) is 0 Å². The molecule has 0 aliphatic rings. The molecule has 0 unspecified atom stereocenters. The zero-order valence-corrected chi connectivity index (χ0v) is 11.0. The lowest BCUT2D eigenvalue weighted by Gasteiger charge is -2.08. The van der Waals surface area contributed by atoms with Crippen molar-refractivity contribution in [2.24, 2.45) is 0 Å². The molecular formula is C14H17ClN2. The van der Waals surface area contributed by atoms with Gasteiger partial charge in [0, 0.05) is 36.2 Å². The largest absolute Gasteiger partial charge is 0.381 e. The van der Waals surface area contributed by atoms with Gasteiger partial charge in [0.1, 0.15) is 0 Å². The summed E-state index contributed by atoms with van der Waals surface area (Å²) in [5, 5.41) is 4.20. The van der Waals surface area contributed by atoms with Gasteiger partial charge in [-0.25, -0.2) is 0 Å². The fourth-order valence-electron chi connectivity index (χ4n) is 1.81. The van der Waals surface area contributed by atoms with Gasteiger partial charge in [-0.05, 0) is 49.2 Å². The van der Waals surface area contributed by atoms with Gasteiger partial charge in [0.25, 0.3) is 0 Å². The van der Waals surface area contributed by atoms with Crippen LogP contribution in [0.25, 0.3) is 0 Å². The zero-order chi connectivity index (χ0) is 12.3. The SMILES string of the molecule is CCn1ccc(CNc2ccc(Cl)cc2C)c1. The van der Waals surface area contributed by atoms with Crippen molar-refractivity contribution in [1.29, 1.82) is 0 Å². The van der Waals surface area contributed by atoms with Gasteiger partial charge in [0.05, 0.1) is 0 Å². The number of nitrogens with one attached hydrogen (secondary N) is 1. The van der Waals surface area contributed by atoms with E-state index in [-0.39, 0.29) is 0 Å². The molecule has 0 spiro atoms. The molecule has 0 saturated carbocycles. The van der Waals surface area contributed by atoms with E-state index in [1.165, 1.54) is 11.1 Å². The summed E-state index contributed by atoms with van der Waals surface area (Å²) in [5.41, 5.74) is 3.60. The van der Waals surface area contributed by atoms with E-state index in [2.05, 4.69) is 42.2 Å². The summed E-state index contributed by atoms with van der Waals surface area (Å²) in [5.74, 6) is 0. The summed E-state index contributed by atoms with van der Waals surface area (Å²) in [6.07, 6.45) is 4.27. The van der Waals surface area contributed by atoms with Crippen molar-refractivity contribution in [1.82, 2.24) is 4.57 Å². The first-order chi connectivity index (χ1) is 8.19. The average molecular weight is 249 g/mol. The van der Waals surface area contributed by atoms with Crippen molar-refractivity contribution < 1.29 is 0 Å². The van der Waals surface area contributed by atoms with Crippen LogP contribution in [0, 0.1) is 6.92 Å². The molecule has 1 N–H and O–H groups in total. The topological polar surface area (TPSA) is 17.0 Å². The molecule has 1 heterocycles. The van der Waals surface area contributed by atoms with Gasteiger partial charge in [0.2, 0.25) is 0 Å². The molecule has 0 aliphatic heterocycles. The van der Waals surface area contributed by atoms with Gasteiger partial charge in [-0.3, -0.25) is 0 Å². The molecule has 0 radical (unpaired) electrons. The third-order valence-corrected chi connectivity index (χ3v) is 3.08. The maximum atomic E-state index is 5.93. The van der Waals surface area contributed by atoms with E-state index in [0.29, 0.717) is 0 Å². The molecule has 2 rings (SSSR count). The van der Waals surface area contributed by atoms with Crippen molar-refractivity contribution in [3.63, 3.8) is 0 Å². The second-order valence-electron chi connectivity index (χ2n) is 4.16. The predicted octanol–water partition coefficient (Wildman–Crippen LogP) is 4.08. The smallest absolute Gasteiger partial charge is 0.0415 e. The van der Waals surface area contributed by atoms with Gasteiger partial charge < -0.3 is 9.88 Å². The van der Waals surface area contributed by atoms with Gasteiger partial charge in [-0.2, -0.15) is 0 Å². The van der Waals surface area contributed by atoms with Gasteiger partial charge in [-0.15, -0.1) is 0 Å². The standard InChI is InChI=1S/C14H17ClN2/c1-3-17-7-6-12(10-17)9-16-14-5-4-13(15)8-11(14)2/h4-8,10,16H,3,9H2,1-2H3. The van der Waals surface area contributed by atoms with Crippen LogP contribution in [0.1, 0.15) is 18.1 Å². The Morgan fingerprint density at radius 2 is 2.12 bits per heavy atom. The fourth-order valence-corrected chi connectivity index (χ4v) is 2.04. The zero-order valence-electron chi connectivity index (χ0n) is 10.2. The molecule has 0 atom stereocenters. The number of hydrogen-bond acceptors (Lipinski definition) is 1. The lowest BCUT2D eigenvalue weighted by molar-refractivity contribution is 0.766. The molecule has 1 aromatic carbocycles. The first-order valence-electron chi connectivity index (χ1n) is 5.83. The third-order valence-electron chi connectivity index (χ3n) is 2.85. The normalized spacial score (nSPS) is 10.5. The van der Waals surface area contributed by atoms with Crippen LogP contribution >= 0.6 is 11.6 Å². The Morgan fingerprint density at radius 3 is 2.76 bits per heavy atom. The summed E-state index contributed by atoms with van der Waals surface area (Å²) < 4.78 is 2.17. The van der Waals surface area contributed by atoms with Crippen LogP contribution in [0.3, 0.4) is 0 Å². The lowest BCUT2D eigenvalue weighted by atomic mass is 10.2. The monoisotopic (exact) mass is 248 g/mol. The first kappa shape index (κ1) is 12.1. The maximum Gasteiger partial charge on any atom is 0.0415 e. The fraction of sp³-hybridized carbons (Fsp3) is 0.286. The van der Waals surface area contributed by atoms with Crippen LogP contribution in [-0.4, -0.2) is 4.57 Å². The Kier molecular flexibility index (Phi) is 3.75. The molecule has 2 aromatic rings. The van der Waals surface area contributed by atoms with E-state index >= 15 is 0 Å². The van der Waals surface area contributed by atoms with Gasteiger partial charge in [0.15, 0.2) is 0 Å². The summed E-state index contributed by atoms with van der Waals surface area (Å²) >= 11 is 5.93. The Balaban J connectivity index is 2.02. The van der Waals surface area contributed by atoms with E-state index in [1.54, 1.807) is 0 Å². The number of aromatic nitrogens is 1. The molecule has 90 valence electrons. The highest BCUT2D eigenvalue weighted by atomic mass is 35.5. The van der Waals surface area contributed by atoms with Crippen LogP contribution in [0.15, 0.2) is 36.7 Å². The molecule has 0 aliphatic carbocycles. The van der Waals surface area contributed by atoms with E-state index in [1.807, 2.05) is 18.2 Å².